The minimum absolute atomic E-state index is 0.221. The molecule has 1 amide bonds. The van der Waals surface area contributed by atoms with Gasteiger partial charge in [-0.25, -0.2) is 14.7 Å². The molecule has 4 aromatic rings. The van der Waals surface area contributed by atoms with Gasteiger partial charge < -0.3 is 29.7 Å². The van der Waals surface area contributed by atoms with E-state index in [1.165, 1.54) is 4.90 Å². The third kappa shape index (κ3) is 6.55. The lowest BCUT2D eigenvalue weighted by Crippen LogP contribution is -2.44. The van der Waals surface area contributed by atoms with Gasteiger partial charge in [0, 0.05) is 49.3 Å². The molecule has 0 aliphatic carbocycles. The molecule has 0 bridgehead atoms. The Balaban J connectivity index is 1.54. The van der Waals surface area contributed by atoms with Gasteiger partial charge in [-0.1, -0.05) is 17.7 Å². The van der Waals surface area contributed by atoms with E-state index in [9.17, 15) is 9.90 Å². The van der Waals surface area contributed by atoms with Crippen molar-refractivity contribution in [2.75, 3.05) is 62.6 Å². The number of hydrogen-bond acceptors (Lipinski definition) is 8. The molecular formula is C34H40N6O4. The summed E-state index contributed by atoms with van der Waals surface area (Å²) in [5, 5.41) is 14.0. The summed E-state index contributed by atoms with van der Waals surface area (Å²) in [6.07, 6.45) is 0.397. The van der Waals surface area contributed by atoms with Gasteiger partial charge >= 0.3 is 6.09 Å². The van der Waals surface area contributed by atoms with Gasteiger partial charge in [0.15, 0.2) is 0 Å². The number of carboxylic acid groups (broad SMARTS) is 1. The van der Waals surface area contributed by atoms with Crippen molar-refractivity contribution in [1.29, 1.82) is 0 Å². The highest BCUT2D eigenvalue weighted by atomic mass is 16.5. The van der Waals surface area contributed by atoms with Crippen LogP contribution in [0.3, 0.4) is 0 Å². The van der Waals surface area contributed by atoms with Crippen LogP contribution in [0.15, 0.2) is 66.9 Å². The van der Waals surface area contributed by atoms with Crippen molar-refractivity contribution in [3.8, 4) is 11.5 Å². The topological polar surface area (TPSA) is 103 Å². The fourth-order valence-electron chi connectivity index (χ4n) is 5.93. The van der Waals surface area contributed by atoms with Crippen molar-refractivity contribution in [3.05, 3.63) is 94.7 Å². The molecule has 1 aliphatic rings. The van der Waals surface area contributed by atoms with E-state index in [1.807, 2.05) is 39.0 Å². The molecule has 3 aromatic carbocycles. The first-order valence-electron chi connectivity index (χ1n) is 14.6. The molecule has 10 nitrogen and oxygen atoms in total. The van der Waals surface area contributed by atoms with Crippen molar-refractivity contribution in [2.24, 2.45) is 0 Å². The molecule has 1 unspecified atom stereocenters. The highest BCUT2D eigenvalue weighted by molar-refractivity contribution is 5.87. The second-order valence-electron chi connectivity index (χ2n) is 11.2. The predicted octanol–water partition coefficient (Wildman–Crippen LogP) is 6.19. The Labute approximate surface area is 258 Å². The zero-order chi connectivity index (χ0) is 31.4. The summed E-state index contributed by atoms with van der Waals surface area (Å²) in [7, 11) is 5.30. The van der Waals surface area contributed by atoms with Gasteiger partial charge in [-0.2, -0.15) is 4.98 Å². The van der Waals surface area contributed by atoms with Gasteiger partial charge in [-0.3, -0.25) is 0 Å². The van der Waals surface area contributed by atoms with Crippen LogP contribution in [-0.4, -0.2) is 73.5 Å². The number of carbonyl (C=O) groups is 1. The molecule has 2 heterocycles. The van der Waals surface area contributed by atoms with Crippen molar-refractivity contribution in [2.45, 2.75) is 26.8 Å². The minimum atomic E-state index is -1.17. The largest absolute Gasteiger partial charge is 0.497 e. The summed E-state index contributed by atoms with van der Waals surface area (Å²) in [4.78, 5) is 28.2. The first-order chi connectivity index (χ1) is 21.2. The average Bonchev–Trinajstić information content (AvgIpc) is 3.00. The highest BCUT2D eigenvalue weighted by Crippen LogP contribution is 2.42. The van der Waals surface area contributed by atoms with Gasteiger partial charge in [-0.05, 0) is 93.0 Å². The van der Waals surface area contributed by atoms with Crippen molar-refractivity contribution < 1.29 is 19.4 Å². The minimum Gasteiger partial charge on any atom is -0.497 e. The molecule has 44 heavy (non-hydrogen) atoms. The average molecular weight is 597 g/mol. The molecule has 1 aromatic heterocycles. The standard InChI is InChI=1S/C34H40N6O4/c1-22-19-23(2)31(24(3)20-22)32(28-21-27(43-5)11-12-29(28)44-6)40(34(41)42)30-13-14-35-33(37-30)36-25-7-9-26(10-8-25)39-17-15-38(4)16-18-39/h7-14,19-21,32H,15-18H2,1-6H3,(H,41,42)(H,35,36,37). The lowest BCUT2D eigenvalue weighted by molar-refractivity contribution is 0.199. The molecule has 0 radical (unpaired) electrons. The molecule has 230 valence electrons. The number of aryl methyl sites for hydroxylation is 3. The third-order valence-corrected chi connectivity index (χ3v) is 8.09. The second kappa shape index (κ2) is 13.2. The number of piperazine rings is 1. The predicted molar refractivity (Wildman–Crippen MR) is 174 cm³/mol. The summed E-state index contributed by atoms with van der Waals surface area (Å²) >= 11 is 0. The molecule has 1 fully saturated rings. The Bertz CT molecular complexity index is 1600. The first-order valence-corrected chi connectivity index (χ1v) is 14.6. The lowest BCUT2D eigenvalue weighted by atomic mass is 9.88. The fraction of sp³-hybridized carbons (Fsp3) is 0.324. The Morgan fingerprint density at radius 3 is 2.23 bits per heavy atom. The molecule has 0 saturated carbocycles. The number of benzene rings is 3. The van der Waals surface area contributed by atoms with Crippen LogP contribution in [0.1, 0.15) is 33.9 Å². The van der Waals surface area contributed by atoms with E-state index < -0.39 is 12.1 Å². The molecule has 5 rings (SSSR count). The summed E-state index contributed by atoms with van der Waals surface area (Å²) in [5.41, 5.74) is 6.45. The monoisotopic (exact) mass is 596 g/mol. The number of aromatic nitrogens is 2. The van der Waals surface area contributed by atoms with Crippen molar-refractivity contribution in [3.63, 3.8) is 0 Å². The maximum Gasteiger partial charge on any atom is 0.413 e. The summed E-state index contributed by atoms with van der Waals surface area (Å²) in [5.74, 6) is 1.63. The van der Waals surface area contributed by atoms with Crippen molar-refractivity contribution >= 4 is 29.2 Å². The van der Waals surface area contributed by atoms with E-state index in [1.54, 1.807) is 38.6 Å². The van der Waals surface area contributed by atoms with E-state index in [0.717, 1.165) is 59.8 Å². The second-order valence-corrected chi connectivity index (χ2v) is 11.2. The number of rotatable bonds is 9. The molecule has 2 N–H and O–H groups in total. The number of nitrogens with zero attached hydrogens (tertiary/aromatic N) is 5. The van der Waals surface area contributed by atoms with Crippen LogP contribution >= 0.6 is 0 Å². The SMILES string of the molecule is COc1ccc(OC)c(C(c2c(C)cc(C)cc2C)N(C(=O)O)c2ccnc(Nc3ccc(N4CCN(C)CC4)cc3)n2)c1. The van der Waals surface area contributed by atoms with Crippen LogP contribution in [0.25, 0.3) is 0 Å². The number of anilines is 4. The zero-order valence-electron chi connectivity index (χ0n) is 26.2. The van der Waals surface area contributed by atoms with Gasteiger partial charge in [0.05, 0.1) is 20.3 Å². The van der Waals surface area contributed by atoms with E-state index in [0.29, 0.717) is 17.1 Å². The van der Waals surface area contributed by atoms with Crippen LogP contribution in [0.5, 0.6) is 11.5 Å². The van der Waals surface area contributed by atoms with E-state index >= 15 is 0 Å². The molecule has 1 aliphatic heterocycles. The number of nitrogens with one attached hydrogen (secondary N) is 1. The van der Waals surface area contributed by atoms with Crippen LogP contribution < -0.4 is 24.6 Å². The number of ether oxygens (including phenoxy) is 2. The smallest absolute Gasteiger partial charge is 0.413 e. The fourth-order valence-corrected chi connectivity index (χ4v) is 5.93. The van der Waals surface area contributed by atoms with E-state index in [-0.39, 0.29) is 11.8 Å². The van der Waals surface area contributed by atoms with E-state index in [2.05, 4.69) is 51.4 Å². The Kier molecular flexibility index (Phi) is 9.20. The number of hydrogen-bond donors (Lipinski definition) is 2. The Morgan fingerprint density at radius 2 is 1.61 bits per heavy atom. The Hall–Kier alpha value is -4.83. The summed E-state index contributed by atoms with van der Waals surface area (Å²) < 4.78 is 11.3. The van der Waals surface area contributed by atoms with Crippen LogP contribution in [-0.2, 0) is 0 Å². The number of likely N-dealkylation sites (N-methyl/N-ethyl adjacent to an activating group) is 1. The molecule has 1 saturated heterocycles. The third-order valence-electron chi connectivity index (χ3n) is 8.09. The summed E-state index contributed by atoms with van der Waals surface area (Å²) in [6.45, 7) is 10.1. The number of amides is 1. The zero-order valence-corrected chi connectivity index (χ0v) is 26.2. The van der Waals surface area contributed by atoms with Crippen molar-refractivity contribution in [1.82, 2.24) is 14.9 Å². The molecule has 1 atom stereocenters. The van der Waals surface area contributed by atoms with Crippen LogP contribution in [0.2, 0.25) is 0 Å². The molecule has 10 heteroatoms. The highest BCUT2D eigenvalue weighted by Gasteiger charge is 2.34. The normalized spacial score (nSPS) is 14.2. The quantitative estimate of drug-likeness (QED) is 0.234. The van der Waals surface area contributed by atoms with Gasteiger partial charge in [0.1, 0.15) is 17.3 Å². The maximum absolute atomic E-state index is 13.2. The summed E-state index contributed by atoms with van der Waals surface area (Å²) in [6, 6.07) is 18.5. The Morgan fingerprint density at radius 1 is 0.932 bits per heavy atom. The van der Waals surface area contributed by atoms with E-state index in [4.69, 9.17) is 14.5 Å². The number of methoxy groups -OCH3 is 2. The van der Waals surface area contributed by atoms with Crippen LogP contribution in [0.4, 0.5) is 27.9 Å². The van der Waals surface area contributed by atoms with Gasteiger partial charge in [-0.15, -0.1) is 0 Å². The van der Waals surface area contributed by atoms with Gasteiger partial charge in [0.2, 0.25) is 5.95 Å². The molecule has 0 spiro atoms. The first kappa shape index (κ1) is 30.6. The lowest BCUT2D eigenvalue weighted by Gasteiger charge is -2.34. The molecular weight excluding hydrogens is 556 g/mol. The maximum atomic E-state index is 13.2. The van der Waals surface area contributed by atoms with Gasteiger partial charge in [0.25, 0.3) is 0 Å². The van der Waals surface area contributed by atoms with Crippen LogP contribution in [0, 0.1) is 20.8 Å².